The van der Waals surface area contributed by atoms with Crippen LogP contribution in [0.5, 0.6) is 11.5 Å². The van der Waals surface area contributed by atoms with Crippen LogP contribution in [0, 0.1) is 5.92 Å². The van der Waals surface area contributed by atoms with Gasteiger partial charge in [-0.1, -0.05) is 13.8 Å². The quantitative estimate of drug-likeness (QED) is 0.625. The van der Waals surface area contributed by atoms with Crippen molar-refractivity contribution in [1.29, 1.82) is 0 Å². The summed E-state index contributed by atoms with van der Waals surface area (Å²) in [5, 5.41) is 0.539. The molecule has 0 bridgehead atoms. The van der Waals surface area contributed by atoms with E-state index in [4.69, 9.17) is 13.9 Å². The van der Waals surface area contributed by atoms with Crippen molar-refractivity contribution in [2.24, 2.45) is 5.92 Å². The number of rotatable bonds is 5. The van der Waals surface area contributed by atoms with Gasteiger partial charge in [-0.05, 0) is 31.5 Å². The standard InChI is InChI=1S/C16H18O5/c1-4-10(3)16(18)21-14-9-15(17)20-13-7-6-11(19-5-2)8-12(13)14/h6-10H,4-5H2,1-3H3. The number of ether oxygens (including phenoxy) is 2. The molecule has 0 aliphatic carbocycles. The van der Waals surface area contributed by atoms with Crippen molar-refractivity contribution in [2.45, 2.75) is 27.2 Å². The van der Waals surface area contributed by atoms with E-state index in [0.717, 1.165) is 0 Å². The topological polar surface area (TPSA) is 65.7 Å². The van der Waals surface area contributed by atoms with Crippen LogP contribution in [0.1, 0.15) is 27.2 Å². The molecule has 0 spiro atoms. The van der Waals surface area contributed by atoms with E-state index in [9.17, 15) is 9.59 Å². The molecule has 0 amide bonds. The second-order valence-corrected chi connectivity index (χ2v) is 4.75. The third kappa shape index (κ3) is 3.42. The Bertz CT molecular complexity index is 701. The molecule has 1 atom stereocenters. The normalized spacial score (nSPS) is 12.1. The molecule has 0 saturated heterocycles. The predicted molar refractivity (Wildman–Crippen MR) is 78.7 cm³/mol. The van der Waals surface area contributed by atoms with Crippen molar-refractivity contribution in [2.75, 3.05) is 6.61 Å². The first-order valence-corrected chi connectivity index (χ1v) is 6.97. The van der Waals surface area contributed by atoms with Crippen LogP contribution in [0.3, 0.4) is 0 Å². The van der Waals surface area contributed by atoms with Gasteiger partial charge in [0.25, 0.3) is 0 Å². The largest absolute Gasteiger partial charge is 0.494 e. The molecule has 1 heterocycles. The van der Waals surface area contributed by atoms with Crippen LogP contribution >= 0.6 is 0 Å². The van der Waals surface area contributed by atoms with Crippen molar-refractivity contribution in [3.05, 3.63) is 34.7 Å². The van der Waals surface area contributed by atoms with E-state index in [1.54, 1.807) is 25.1 Å². The monoisotopic (exact) mass is 290 g/mol. The fraction of sp³-hybridized carbons (Fsp3) is 0.375. The van der Waals surface area contributed by atoms with Gasteiger partial charge in [0.2, 0.25) is 0 Å². The number of carbonyl (C=O) groups is 1. The average Bonchev–Trinajstić information content (AvgIpc) is 2.47. The molecule has 0 aliphatic rings. The number of hydrogen-bond donors (Lipinski definition) is 0. The molecule has 0 N–H and O–H groups in total. The van der Waals surface area contributed by atoms with Gasteiger partial charge in [0.1, 0.15) is 17.1 Å². The summed E-state index contributed by atoms with van der Waals surface area (Å²) in [5.74, 6) is 0.223. The number of carbonyl (C=O) groups excluding carboxylic acids is 1. The van der Waals surface area contributed by atoms with Crippen LogP contribution in [0.25, 0.3) is 11.0 Å². The van der Waals surface area contributed by atoms with E-state index in [2.05, 4.69) is 0 Å². The molecule has 1 unspecified atom stereocenters. The van der Waals surface area contributed by atoms with Crippen LogP contribution in [0.4, 0.5) is 0 Å². The summed E-state index contributed by atoms with van der Waals surface area (Å²) in [6.07, 6.45) is 0.669. The molecule has 5 heteroatoms. The van der Waals surface area contributed by atoms with Gasteiger partial charge in [-0.3, -0.25) is 4.79 Å². The Morgan fingerprint density at radius 3 is 2.71 bits per heavy atom. The van der Waals surface area contributed by atoms with Crippen molar-refractivity contribution in [3.8, 4) is 11.5 Å². The van der Waals surface area contributed by atoms with Gasteiger partial charge in [0.15, 0.2) is 0 Å². The van der Waals surface area contributed by atoms with Gasteiger partial charge in [0.05, 0.1) is 24.0 Å². The van der Waals surface area contributed by atoms with E-state index in [1.807, 2.05) is 13.8 Å². The lowest BCUT2D eigenvalue weighted by atomic mass is 10.1. The summed E-state index contributed by atoms with van der Waals surface area (Å²) in [6, 6.07) is 6.21. The minimum Gasteiger partial charge on any atom is -0.494 e. The Labute approximate surface area is 122 Å². The summed E-state index contributed by atoms with van der Waals surface area (Å²) in [7, 11) is 0. The maximum atomic E-state index is 11.9. The number of hydrogen-bond acceptors (Lipinski definition) is 5. The Balaban J connectivity index is 2.47. The number of benzene rings is 1. The van der Waals surface area contributed by atoms with Gasteiger partial charge in [-0.15, -0.1) is 0 Å². The molecule has 0 radical (unpaired) electrons. The fourth-order valence-corrected chi connectivity index (χ4v) is 1.83. The fourth-order valence-electron chi connectivity index (χ4n) is 1.83. The first-order chi connectivity index (χ1) is 10.0. The van der Waals surface area contributed by atoms with E-state index >= 15 is 0 Å². The molecule has 5 nitrogen and oxygen atoms in total. The van der Waals surface area contributed by atoms with Gasteiger partial charge < -0.3 is 13.9 Å². The highest BCUT2D eigenvalue weighted by Gasteiger charge is 2.16. The summed E-state index contributed by atoms with van der Waals surface area (Å²) in [5.41, 5.74) is -0.198. The first-order valence-electron chi connectivity index (χ1n) is 6.97. The summed E-state index contributed by atoms with van der Waals surface area (Å²) >= 11 is 0. The van der Waals surface area contributed by atoms with E-state index in [0.29, 0.717) is 29.7 Å². The molecular formula is C16H18O5. The maximum Gasteiger partial charge on any atom is 0.339 e. The van der Waals surface area contributed by atoms with Gasteiger partial charge >= 0.3 is 11.6 Å². The molecule has 1 aromatic carbocycles. The number of esters is 1. The smallest absolute Gasteiger partial charge is 0.339 e. The Morgan fingerprint density at radius 1 is 1.29 bits per heavy atom. The Kier molecular flexibility index (Phi) is 4.62. The van der Waals surface area contributed by atoms with Crippen LogP contribution < -0.4 is 15.1 Å². The van der Waals surface area contributed by atoms with Gasteiger partial charge in [-0.2, -0.15) is 0 Å². The third-order valence-electron chi connectivity index (χ3n) is 3.21. The van der Waals surface area contributed by atoms with Crippen molar-refractivity contribution in [1.82, 2.24) is 0 Å². The third-order valence-corrected chi connectivity index (χ3v) is 3.21. The highest BCUT2D eigenvalue weighted by molar-refractivity contribution is 5.87. The maximum absolute atomic E-state index is 11.9. The highest BCUT2D eigenvalue weighted by Crippen LogP contribution is 2.28. The molecule has 2 rings (SSSR count). The average molecular weight is 290 g/mol. The molecular weight excluding hydrogens is 272 g/mol. The van der Waals surface area contributed by atoms with Crippen LogP contribution in [0.15, 0.2) is 33.5 Å². The summed E-state index contributed by atoms with van der Waals surface area (Å²) in [6.45, 7) is 6.07. The molecule has 0 saturated carbocycles. The minimum absolute atomic E-state index is 0.202. The second-order valence-electron chi connectivity index (χ2n) is 4.75. The van der Waals surface area contributed by atoms with Crippen molar-refractivity contribution < 1.29 is 18.7 Å². The lowest BCUT2D eigenvalue weighted by molar-refractivity contribution is -0.138. The lowest BCUT2D eigenvalue weighted by Gasteiger charge is -2.11. The molecule has 2 aromatic rings. The molecule has 21 heavy (non-hydrogen) atoms. The van der Waals surface area contributed by atoms with E-state index in [1.165, 1.54) is 6.07 Å². The van der Waals surface area contributed by atoms with E-state index in [-0.39, 0.29) is 17.6 Å². The minimum atomic E-state index is -0.557. The predicted octanol–water partition coefficient (Wildman–Crippen LogP) is 3.14. The molecule has 0 fully saturated rings. The van der Waals surface area contributed by atoms with Crippen LogP contribution in [0.2, 0.25) is 0 Å². The lowest BCUT2D eigenvalue weighted by Crippen LogP contribution is -2.18. The van der Waals surface area contributed by atoms with Crippen molar-refractivity contribution >= 4 is 16.9 Å². The molecule has 1 aromatic heterocycles. The summed E-state index contributed by atoms with van der Waals surface area (Å²) < 4.78 is 15.9. The zero-order chi connectivity index (χ0) is 15.4. The zero-order valence-corrected chi connectivity index (χ0v) is 12.3. The van der Waals surface area contributed by atoms with Crippen LogP contribution in [-0.2, 0) is 4.79 Å². The Hall–Kier alpha value is -2.30. The highest BCUT2D eigenvalue weighted by atomic mass is 16.5. The van der Waals surface area contributed by atoms with E-state index < -0.39 is 5.63 Å². The molecule has 112 valence electrons. The first kappa shape index (κ1) is 15.1. The number of fused-ring (bicyclic) bond motifs is 1. The zero-order valence-electron chi connectivity index (χ0n) is 12.3. The van der Waals surface area contributed by atoms with Crippen molar-refractivity contribution in [3.63, 3.8) is 0 Å². The second kappa shape index (κ2) is 6.43. The van der Waals surface area contributed by atoms with Gasteiger partial charge in [0, 0.05) is 0 Å². The van der Waals surface area contributed by atoms with Gasteiger partial charge in [-0.25, -0.2) is 4.79 Å². The SMILES string of the molecule is CCOc1ccc2oc(=O)cc(OC(=O)C(C)CC)c2c1. The van der Waals surface area contributed by atoms with Crippen LogP contribution in [-0.4, -0.2) is 12.6 Å². The Morgan fingerprint density at radius 2 is 2.05 bits per heavy atom. The summed E-state index contributed by atoms with van der Waals surface area (Å²) in [4.78, 5) is 23.5. The molecule has 0 aliphatic heterocycles.